The summed E-state index contributed by atoms with van der Waals surface area (Å²) in [7, 11) is 0. The van der Waals surface area contributed by atoms with Crippen LogP contribution in [0.5, 0.6) is 0 Å². The highest BCUT2D eigenvalue weighted by molar-refractivity contribution is 8.00. The second-order valence-electron chi connectivity index (χ2n) is 8.39. The van der Waals surface area contributed by atoms with Gasteiger partial charge in [-0.25, -0.2) is 14.6 Å². The zero-order valence-corrected chi connectivity index (χ0v) is 19.9. The van der Waals surface area contributed by atoms with Crippen LogP contribution in [0.4, 0.5) is 5.82 Å². The monoisotopic (exact) mass is 451 g/mol. The van der Waals surface area contributed by atoms with Crippen molar-refractivity contribution in [2.24, 2.45) is 0 Å². The molecule has 0 aliphatic carbocycles. The van der Waals surface area contributed by atoms with Crippen LogP contribution in [0.2, 0.25) is 0 Å². The molecule has 0 atom stereocenters. The Balaban J connectivity index is 1.56. The summed E-state index contributed by atoms with van der Waals surface area (Å²) in [6.07, 6.45) is 1.57. The Kier molecular flexibility index (Phi) is 5.85. The summed E-state index contributed by atoms with van der Waals surface area (Å²) >= 11 is 3.09. The van der Waals surface area contributed by atoms with Crippen molar-refractivity contribution in [1.29, 1.82) is 0 Å². The standard InChI is InChI=1S/C23H25N5OS2/c1-14-15(2)31-22-20(14)21(24-13-25-22)30-12-19(29)26-18-11-17(23(3,4)5)27-28(18)16-9-7-6-8-10-16/h6-11,13H,12H2,1-5H3,(H,26,29). The highest BCUT2D eigenvalue weighted by Crippen LogP contribution is 2.34. The van der Waals surface area contributed by atoms with Gasteiger partial charge < -0.3 is 5.32 Å². The van der Waals surface area contributed by atoms with Crippen LogP contribution >= 0.6 is 23.1 Å². The van der Waals surface area contributed by atoms with Gasteiger partial charge in [-0.1, -0.05) is 50.7 Å². The molecule has 160 valence electrons. The van der Waals surface area contributed by atoms with E-state index in [0.29, 0.717) is 5.82 Å². The number of nitrogens with one attached hydrogen (secondary N) is 1. The van der Waals surface area contributed by atoms with E-state index in [-0.39, 0.29) is 17.1 Å². The lowest BCUT2D eigenvalue weighted by Gasteiger charge is -2.14. The number of thiophene rings is 1. The minimum atomic E-state index is -0.130. The molecule has 4 aromatic rings. The molecule has 0 bridgehead atoms. The minimum absolute atomic E-state index is 0.0982. The molecule has 0 aliphatic rings. The predicted octanol–water partition coefficient (Wildman–Crippen LogP) is 5.52. The van der Waals surface area contributed by atoms with Gasteiger partial charge >= 0.3 is 0 Å². The number of carbonyl (C=O) groups excluding carboxylic acids is 1. The van der Waals surface area contributed by atoms with E-state index in [4.69, 9.17) is 5.10 Å². The smallest absolute Gasteiger partial charge is 0.235 e. The normalized spacial score (nSPS) is 11.8. The number of nitrogens with zero attached hydrogens (tertiary/aromatic N) is 4. The number of rotatable bonds is 5. The molecule has 0 unspecified atom stereocenters. The Hall–Kier alpha value is -2.71. The summed E-state index contributed by atoms with van der Waals surface area (Å²) in [5, 5.41) is 9.68. The van der Waals surface area contributed by atoms with Crippen LogP contribution < -0.4 is 5.32 Å². The summed E-state index contributed by atoms with van der Waals surface area (Å²) in [5.41, 5.74) is 2.87. The fraction of sp³-hybridized carbons (Fsp3) is 0.304. The van der Waals surface area contributed by atoms with Gasteiger partial charge in [-0.3, -0.25) is 4.79 Å². The summed E-state index contributed by atoms with van der Waals surface area (Å²) in [6.45, 7) is 10.5. The van der Waals surface area contributed by atoms with Crippen LogP contribution in [0.25, 0.3) is 15.9 Å². The molecule has 3 heterocycles. The number of hydrogen-bond donors (Lipinski definition) is 1. The number of fused-ring (bicyclic) bond motifs is 1. The number of thioether (sulfide) groups is 1. The molecule has 0 spiro atoms. The third-order valence-electron chi connectivity index (χ3n) is 5.02. The van der Waals surface area contributed by atoms with Crippen LogP contribution in [-0.4, -0.2) is 31.4 Å². The predicted molar refractivity (Wildman–Crippen MR) is 129 cm³/mol. The van der Waals surface area contributed by atoms with Crippen molar-refractivity contribution in [1.82, 2.24) is 19.7 Å². The first-order chi connectivity index (χ1) is 14.7. The number of aryl methyl sites for hydroxylation is 2. The van der Waals surface area contributed by atoms with Crippen molar-refractivity contribution >= 4 is 45.0 Å². The first-order valence-electron chi connectivity index (χ1n) is 10.0. The van der Waals surface area contributed by atoms with Crippen molar-refractivity contribution in [3.63, 3.8) is 0 Å². The molecule has 8 heteroatoms. The van der Waals surface area contributed by atoms with Crippen LogP contribution in [0.3, 0.4) is 0 Å². The van der Waals surface area contributed by atoms with Crippen LogP contribution in [0.1, 0.15) is 36.9 Å². The van der Waals surface area contributed by atoms with E-state index in [0.717, 1.165) is 26.6 Å². The fourth-order valence-electron chi connectivity index (χ4n) is 3.18. The molecule has 4 rings (SSSR count). The molecule has 1 amide bonds. The second kappa shape index (κ2) is 8.43. The molecule has 6 nitrogen and oxygen atoms in total. The maximum absolute atomic E-state index is 12.8. The van der Waals surface area contributed by atoms with Crippen molar-refractivity contribution in [3.8, 4) is 5.69 Å². The second-order valence-corrected chi connectivity index (χ2v) is 10.6. The van der Waals surface area contributed by atoms with Gasteiger partial charge in [-0.2, -0.15) is 5.10 Å². The zero-order chi connectivity index (χ0) is 22.2. The Morgan fingerprint density at radius 1 is 1.16 bits per heavy atom. The Labute approximate surface area is 190 Å². The number of amides is 1. The van der Waals surface area contributed by atoms with Crippen molar-refractivity contribution in [2.45, 2.75) is 45.1 Å². The number of para-hydroxylation sites is 1. The van der Waals surface area contributed by atoms with E-state index >= 15 is 0 Å². The molecule has 31 heavy (non-hydrogen) atoms. The molecule has 1 aromatic carbocycles. The fourth-order valence-corrected chi connectivity index (χ4v) is 5.09. The number of hydrogen-bond acceptors (Lipinski definition) is 6. The highest BCUT2D eigenvalue weighted by Gasteiger charge is 2.22. The van der Waals surface area contributed by atoms with Crippen molar-refractivity contribution in [3.05, 3.63) is 58.9 Å². The molecule has 0 saturated carbocycles. The third-order valence-corrected chi connectivity index (χ3v) is 7.12. The average molecular weight is 452 g/mol. The Bertz CT molecular complexity index is 1240. The summed E-state index contributed by atoms with van der Waals surface area (Å²) < 4.78 is 1.79. The van der Waals surface area contributed by atoms with Gasteiger partial charge in [0, 0.05) is 21.7 Å². The van der Waals surface area contributed by atoms with Gasteiger partial charge in [0.05, 0.1) is 17.1 Å². The number of benzene rings is 1. The van der Waals surface area contributed by atoms with E-state index < -0.39 is 0 Å². The quantitative estimate of drug-likeness (QED) is 0.319. The molecule has 0 saturated heterocycles. The van der Waals surface area contributed by atoms with Crippen LogP contribution in [0, 0.1) is 13.8 Å². The minimum Gasteiger partial charge on any atom is -0.310 e. The Morgan fingerprint density at radius 2 is 1.90 bits per heavy atom. The van der Waals surface area contributed by atoms with E-state index in [1.165, 1.54) is 22.2 Å². The topological polar surface area (TPSA) is 72.7 Å². The van der Waals surface area contributed by atoms with Crippen molar-refractivity contribution < 1.29 is 4.79 Å². The molecule has 1 N–H and O–H groups in total. The summed E-state index contributed by atoms with van der Waals surface area (Å²) in [6, 6.07) is 11.8. The molecule has 0 aliphatic heterocycles. The zero-order valence-electron chi connectivity index (χ0n) is 18.3. The lowest BCUT2D eigenvalue weighted by molar-refractivity contribution is -0.113. The van der Waals surface area contributed by atoms with E-state index in [9.17, 15) is 4.79 Å². The van der Waals surface area contributed by atoms with Gasteiger partial charge in [-0.15, -0.1) is 11.3 Å². The van der Waals surface area contributed by atoms with E-state index in [1.807, 2.05) is 36.4 Å². The van der Waals surface area contributed by atoms with Crippen molar-refractivity contribution in [2.75, 3.05) is 11.1 Å². The largest absolute Gasteiger partial charge is 0.310 e. The SMILES string of the molecule is Cc1sc2ncnc(SCC(=O)Nc3cc(C(C)(C)C)nn3-c3ccccc3)c2c1C. The Morgan fingerprint density at radius 3 is 2.61 bits per heavy atom. The molecule has 0 radical (unpaired) electrons. The van der Waals surface area contributed by atoms with Gasteiger partial charge in [0.15, 0.2) is 0 Å². The number of aromatic nitrogens is 4. The first-order valence-corrected chi connectivity index (χ1v) is 11.8. The lowest BCUT2D eigenvalue weighted by atomic mass is 9.92. The van der Waals surface area contributed by atoms with E-state index in [1.54, 1.807) is 22.3 Å². The summed E-state index contributed by atoms with van der Waals surface area (Å²) in [5.74, 6) is 0.821. The maximum atomic E-state index is 12.8. The maximum Gasteiger partial charge on any atom is 0.235 e. The molecular weight excluding hydrogens is 426 g/mol. The summed E-state index contributed by atoms with van der Waals surface area (Å²) in [4.78, 5) is 23.8. The highest BCUT2D eigenvalue weighted by atomic mass is 32.2. The van der Waals surface area contributed by atoms with Gasteiger partial charge in [-0.05, 0) is 31.5 Å². The molecule has 3 aromatic heterocycles. The molecule has 0 fully saturated rings. The molecular formula is C23H25N5OS2. The van der Waals surface area contributed by atoms with Gasteiger partial charge in [0.1, 0.15) is 22.0 Å². The average Bonchev–Trinajstić information content (AvgIpc) is 3.28. The van der Waals surface area contributed by atoms with Gasteiger partial charge in [0.2, 0.25) is 5.91 Å². The van der Waals surface area contributed by atoms with Crippen LogP contribution in [0.15, 0.2) is 47.8 Å². The lowest BCUT2D eigenvalue weighted by Crippen LogP contribution is -2.17. The van der Waals surface area contributed by atoms with Crippen LogP contribution in [-0.2, 0) is 10.2 Å². The number of anilines is 1. The van der Waals surface area contributed by atoms with E-state index in [2.05, 4.69) is 49.9 Å². The third kappa shape index (κ3) is 4.50. The van der Waals surface area contributed by atoms with Gasteiger partial charge in [0.25, 0.3) is 0 Å². The first kappa shape index (κ1) is 21.5. The number of carbonyl (C=O) groups is 1.